The van der Waals surface area contributed by atoms with Crippen molar-refractivity contribution < 1.29 is 50.0 Å². The number of ether oxygens (including phenoxy) is 2. The number of hydrogen-bond acceptors (Lipinski definition) is 10. The fourth-order valence-corrected chi connectivity index (χ4v) is 8.27. The van der Waals surface area contributed by atoms with Gasteiger partial charge in [-0.05, 0) is 12.8 Å². The molecule has 11 heteroatoms. The first-order valence-electron chi connectivity index (χ1n) is 24.9. The molecular weight excluding hydrogens is 751 g/mol. The van der Waals surface area contributed by atoms with E-state index in [0.717, 1.165) is 38.5 Å². The molecule has 0 bridgehead atoms. The van der Waals surface area contributed by atoms with E-state index in [1.807, 2.05) is 0 Å². The highest BCUT2D eigenvalue weighted by Gasteiger charge is 2.44. The molecule has 352 valence electrons. The van der Waals surface area contributed by atoms with Crippen LogP contribution in [0.25, 0.3) is 0 Å². The molecule has 1 aliphatic heterocycles. The second-order valence-corrected chi connectivity index (χ2v) is 17.9. The van der Waals surface area contributed by atoms with Crippen molar-refractivity contribution in [3.63, 3.8) is 0 Å². The van der Waals surface area contributed by atoms with E-state index in [2.05, 4.69) is 19.2 Å². The zero-order valence-electron chi connectivity index (χ0n) is 38.0. The van der Waals surface area contributed by atoms with E-state index in [-0.39, 0.29) is 6.42 Å². The summed E-state index contributed by atoms with van der Waals surface area (Å²) in [6.45, 7) is 3.46. The van der Waals surface area contributed by atoms with E-state index in [4.69, 9.17) is 9.47 Å². The van der Waals surface area contributed by atoms with Gasteiger partial charge < -0.3 is 50.5 Å². The van der Waals surface area contributed by atoms with E-state index in [0.29, 0.717) is 19.3 Å². The first-order chi connectivity index (χ1) is 28.7. The highest BCUT2D eigenvalue weighted by Crippen LogP contribution is 2.23. The van der Waals surface area contributed by atoms with E-state index in [1.54, 1.807) is 0 Å². The summed E-state index contributed by atoms with van der Waals surface area (Å²) in [5, 5.41) is 75.8. The van der Waals surface area contributed by atoms with Crippen LogP contribution in [0.2, 0.25) is 0 Å². The van der Waals surface area contributed by atoms with E-state index in [9.17, 15) is 40.5 Å². The van der Waals surface area contributed by atoms with Crippen molar-refractivity contribution in [3.8, 4) is 0 Å². The molecule has 0 saturated carbocycles. The minimum Gasteiger partial charge on any atom is -0.394 e. The smallest absolute Gasteiger partial charge is 0.249 e. The number of rotatable bonds is 42. The Kier molecular flexibility index (Phi) is 36.9. The number of carbonyl (C=O) groups is 1. The minimum atomic E-state index is -1.66. The Morgan fingerprint density at radius 2 is 0.881 bits per heavy atom. The molecule has 0 aromatic heterocycles. The third kappa shape index (κ3) is 28.4. The maximum Gasteiger partial charge on any atom is 0.249 e. The van der Waals surface area contributed by atoms with Crippen LogP contribution in [0.3, 0.4) is 0 Å². The Balaban J connectivity index is 2.39. The molecule has 1 saturated heterocycles. The predicted molar refractivity (Wildman–Crippen MR) is 238 cm³/mol. The largest absolute Gasteiger partial charge is 0.394 e. The molecule has 11 nitrogen and oxygen atoms in total. The Morgan fingerprint density at radius 3 is 1.25 bits per heavy atom. The first-order valence-corrected chi connectivity index (χ1v) is 24.9. The summed E-state index contributed by atoms with van der Waals surface area (Å²) in [6.07, 6.45) is 28.6. The van der Waals surface area contributed by atoms with Gasteiger partial charge in [-0.2, -0.15) is 0 Å². The molecule has 0 aliphatic carbocycles. The van der Waals surface area contributed by atoms with Crippen LogP contribution in [0.5, 0.6) is 0 Å². The van der Waals surface area contributed by atoms with Gasteiger partial charge in [-0.1, -0.05) is 219 Å². The maximum atomic E-state index is 13.1. The van der Waals surface area contributed by atoms with Crippen LogP contribution in [0.15, 0.2) is 0 Å². The molecule has 0 aromatic carbocycles. The molecule has 1 heterocycles. The normalized spacial score (nSPS) is 21.7. The quantitative estimate of drug-likeness (QED) is 0.0276. The summed E-state index contributed by atoms with van der Waals surface area (Å²) in [7, 11) is 0. The van der Waals surface area contributed by atoms with Crippen LogP contribution in [-0.4, -0.2) is 110 Å². The average Bonchev–Trinajstić information content (AvgIpc) is 3.23. The zero-order chi connectivity index (χ0) is 43.4. The van der Waals surface area contributed by atoms with Crippen LogP contribution < -0.4 is 5.32 Å². The molecule has 1 aliphatic rings. The van der Waals surface area contributed by atoms with Crippen LogP contribution in [-0.2, 0) is 14.3 Å². The number of aliphatic hydroxyl groups is 7. The number of nitrogens with one attached hydrogen (secondary N) is 1. The highest BCUT2D eigenvalue weighted by molar-refractivity contribution is 5.80. The number of amides is 1. The zero-order valence-corrected chi connectivity index (χ0v) is 38.0. The summed E-state index contributed by atoms with van der Waals surface area (Å²) in [5.41, 5.74) is 0. The number of aliphatic hydroxyl groups excluding tert-OH is 7. The lowest BCUT2D eigenvalue weighted by Gasteiger charge is -2.40. The summed E-state index contributed by atoms with van der Waals surface area (Å²) < 4.78 is 11.1. The van der Waals surface area contributed by atoms with Crippen molar-refractivity contribution >= 4 is 5.91 Å². The lowest BCUT2D eigenvalue weighted by atomic mass is 9.98. The monoisotopic (exact) mass is 846 g/mol. The Bertz CT molecular complexity index is 928. The van der Waals surface area contributed by atoms with Crippen molar-refractivity contribution in [3.05, 3.63) is 0 Å². The fraction of sp³-hybridized carbons (Fsp3) is 0.979. The standard InChI is InChI=1S/C48H95NO10/c1-3-5-7-9-11-13-15-17-19-20-21-22-24-26-28-30-32-34-36-41(52)47(57)49-39(38-58-48-46(56)45(55)44(54)42(37-50)59-48)43(53)40(51)35-33-31-29-27-25-23-18-16-14-12-10-8-6-4-2/h39-46,48,50-56H,3-38H2,1-2H3,(H,49,57)/t39-,40+,41+,42+,43-,44-,45-,46+,48-/m0/s1. The van der Waals surface area contributed by atoms with Gasteiger partial charge >= 0.3 is 0 Å². The predicted octanol–water partition coefficient (Wildman–Crippen LogP) is 8.67. The third-order valence-electron chi connectivity index (χ3n) is 12.4. The lowest BCUT2D eigenvalue weighted by molar-refractivity contribution is -0.303. The highest BCUT2D eigenvalue weighted by atomic mass is 16.7. The number of hydrogen-bond donors (Lipinski definition) is 8. The molecule has 1 amide bonds. The van der Waals surface area contributed by atoms with Gasteiger partial charge in [0.25, 0.3) is 0 Å². The van der Waals surface area contributed by atoms with Gasteiger partial charge in [0.1, 0.15) is 36.6 Å². The third-order valence-corrected chi connectivity index (χ3v) is 12.4. The lowest BCUT2D eigenvalue weighted by Crippen LogP contribution is -2.60. The molecule has 0 aromatic rings. The Hall–Kier alpha value is -0.890. The van der Waals surface area contributed by atoms with Gasteiger partial charge in [0.2, 0.25) is 5.91 Å². The Labute approximate surface area is 360 Å². The average molecular weight is 846 g/mol. The van der Waals surface area contributed by atoms with Crippen molar-refractivity contribution in [2.24, 2.45) is 0 Å². The minimum absolute atomic E-state index is 0.266. The molecule has 0 unspecified atom stereocenters. The second kappa shape index (κ2) is 38.8. The van der Waals surface area contributed by atoms with Crippen LogP contribution in [0, 0.1) is 0 Å². The van der Waals surface area contributed by atoms with Crippen molar-refractivity contribution in [1.82, 2.24) is 5.32 Å². The molecule has 1 rings (SSSR count). The molecule has 1 fully saturated rings. The SMILES string of the molecule is CCCCCCCCCCCCCCCCCCCC[C@@H](O)C(=O)N[C@@H](CO[C@H]1O[C@H](CO)[C@H](O)[C@H](O)[C@H]1O)[C@H](O)[C@H](O)CCCCCCCCCCCCCCCC. The summed E-state index contributed by atoms with van der Waals surface area (Å²) in [6, 6.07) is -1.16. The first kappa shape index (κ1) is 56.1. The van der Waals surface area contributed by atoms with Gasteiger partial charge in [-0.3, -0.25) is 4.79 Å². The second-order valence-electron chi connectivity index (χ2n) is 17.9. The van der Waals surface area contributed by atoms with E-state index >= 15 is 0 Å². The van der Waals surface area contributed by atoms with Gasteiger partial charge in [-0.15, -0.1) is 0 Å². The van der Waals surface area contributed by atoms with Crippen molar-refractivity contribution in [2.75, 3.05) is 13.2 Å². The van der Waals surface area contributed by atoms with E-state index in [1.165, 1.54) is 154 Å². The molecule has 8 N–H and O–H groups in total. The van der Waals surface area contributed by atoms with Crippen LogP contribution in [0.1, 0.15) is 232 Å². The van der Waals surface area contributed by atoms with Crippen LogP contribution in [0.4, 0.5) is 0 Å². The van der Waals surface area contributed by atoms with Gasteiger partial charge in [0.05, 0.1) is 25.4 Å². The van der Waals surface area contributed by atoms with Gasteiger partial charge in [0, 0.05) is 0 Å². The molecule has 0 radical (unpaired) electrons. The van der Waals surface area contributed by atoms with Gasteiger partial charge in [-0.25, -0.2) is 0 Å². The van der Waals surface area contributed by atoms with E-state index < -0.39 is 74.2 Å². The van der Waals surface area contributed by atoms with Crippen molar-refractivity contribution in [1.29, 1.82) is 0 Å². The molecule has 0 spiro atoms. The molecular formula is C48H95NO10. The number of unbranched alkanes of at least 4 members (excludes halogenated alkanes) is 30. The molecule has 9 atom stereocenters. The summed E-state index contributed by atoms with van der Waals surface area (Å²) in [4.78, 5) is 13.1. The van der Waals surface area contributed by atoms with Crippen molar-refractivity contribution in [2.45, 2.75) is 287 Å². The van der Waals surface area contributed by atoms with Gasteiger partial charge in [0.15, 0.2) is 6.29 Å². The Morgan fingerprint density at radius 1 is 0.525 bits per heavy atom. The summed E-state index contributed by atoms with van der Waals surface area (Å²) in [5.74, 6) is -0.692. The van der Waals surface area contributed by atoms with Crippen LogP contribution >= 0.6 is 0 Å². The topological polar surface area (TPSA) is 189 Å². The number of carbonyl (C=O) groups excluding carboxylic acids is 1. The molecule has 59 heavy (non-hydrogen) atoms. The maximum absolute atomic E-state index is 13.1. The fourth-order valence-electron chi connectivity index (χ4n) is 8.27. The summed E-state index contributed by atoms with van der Waals surface area (Å²) >= 11 is 0.